The van der Waals surface area contributed by atoms with Gasteiger partial charge >= 0.3 is 0 Å². The Hall–Kier alpha value is -1.62. The van der Waals surface area contributed by atoms with Crippen LogP contribution in [0.15, 0.2) is 24.3 Å². The maximum atomic E-state index is 12.8. The van der Waals surface area contributed by atoms with Gasteiger partial charge in [0.1, 0.15) is 11.6 Å². The number of nitrogens with zero attached hydrogens (tertiary/aromatic N) is 1. The van der Waals surface area contributed by atoms with Gasteiger partial charge in [-0.1, -0.05) is 0 Å². The maximum absolute atomic E-state index is 12.8. The number of hydrogen-bond acceptors (Lipinski definition) is 3. The number of halogens is 1. The second kappa shape index (κ2) is 5.17. The average Bonchev–Trinajstić information content (AvgIpc) is 2.77. The molecule has 0 aliphatic carbocycles. The number of aliphatic hydroxyl groups excluding tert-OH is 1. The molecule has 1 amide bonds. The van der Waals surface area contributed by atoms with E-state index in [1.54, 1.807) is 18.7 Å². The largest absolute Gasteiger partial charge is 0.478 e. The van der Waals surface area contributed by atoms with Crippen LogP contribution in [0.3, 0.4) is 0 Å². The van der Waals surface area contributed by atoms with Crippen molar-refractivity contribution in [3.8, 4) is 5.75 Å². The molecule has 0 aromatic heterocycles. The molecule has 0 unspecified atom stereocenters. The maximum Gasteiger partial charge on any atom is 0.266 e. The highest BCUT2D eigenvalue weighted by Crippen LogP contribution is 2.22. The summed E-state index contributed by atoms with van der Waals surface area (Å²) < 4.78 is 18.4. The first-order valence-electron chi connectivity index (χ1n) is 6.30. The Bertz CT molecular complexity index is 458. The Balaban J connectivity index is 2.05. The second-order valence-corrected chi connectivity index (χ2v) is 5.26. The molecule has 1 aliphatic heterocycles. The number of hydrogen-bond donors (Lipinski definition) is 1. The van der Waals surface area contributed by atoms with Gasteiger partial charge in [-0.15, -0.1) is 0 Å². The van der Waals surface area contributed by atoms with Crippen LogP contribution >= 0.6 is 0 Å². The Kier molecular flexibility index (Phi) is 3.75. The molecule has 2 rings (SSSR count). The Morgan fingerprint density at radius 2 is 2.05 bits per heavy atom. The fourth-order valence-electron chi connectivity index (χ4n) is 2.15. The lowest BCUT2D eigenvalue weighted by Gasteiger charge is -2.29. The number of carbonyl (C=O) groups excluding carboxylic acids is 1. The monoisotopic (exact) mass is 267 g/mol. The van der Waals surface area contributed by atoms with Gasteiger partial charge in [0.25, 0.3) is 5.91 Å². The molecule has 4 nitrogen and oxygen atoms in total. The van der Waals surface area contributed by atoms with Crippen molar-refractivity contribution in [3.05, 3.63) is 30.1 Å². The SMILES string of the molecule is CC(C)(Oc1ccc(F)cc1)C(=O)N1CC[C@@H](O)C1. The van der Waals surface area contributed by atoms with Crippen molar-refractivity contribution in [2.75, 3.05) is 13.1 Å². The third-order valence-corrected chi connectivity index (χ3v) is 3.15. The number of likely N-dealkylation sites (tertiary alicyclic amines) is 1. The molecule has 1 saturated heterocycles. The average molecular weight is 267 g/mol. The summed E-state index contributed by atoms with van der Waals surface area (Å²) in [4.78, 5) is 13.9. The Morgan fingerprint density at radius 3 is 2.58 bits per heavy atom. The number of β-amino-alcohol motifs (C(OH)–C–C–N with tert-alkyl or cyclic N) is 1. The van der Waals surface area contributed by atoms with Crippen LogP contribution in [0, 0.1) is 5.82 Å². The smallest absolute Gasteiger partial charge is 0.266 e. The van der Waals surface area contributed by atoms with Gasteiger partial charge in [-0.3, -0.25) is 4.79 Å². The van der Waals surface area contributed by atoms with E-state index in [0.29, 0.717) is 25.3 Å². The summed E-state index contributed by atoms with van der Waals surface area (Å²) in [5, 5.41) is 9.46. The fraction of sp³-hybridized carbons (Fsp3) is 0.500. The normalized spacial score (nSPS) is 19.6. The van der Waals surface area contributed by atoms with Crippen LogP contribution < -0.4 is 4.74 Å². The number of benzene rings is 1. The summed E-state index contributed by atoms with van der Waals surface area (Å²) in [5.74, 6) is -0.0768. The lowest BCUT2D eigenvalue weighted by Crippen LogP contribution is -2.48. The molecule has 1 N–H and O–H groups in total. The zero-order valence-electron chi connectivity index (χ0n) is 11.1. The van der Waals surface area contributed by atoms with Gasteiger partial charge in [-0.25, -0.2) is 4.39 Å². The first-order chi connectivity index (χ1) is 8.88. The van der Waals surface area contributed by atoms with Crippen LogP contribution in [0.1, 0.15) is 20.3 Å². The van der Waals surface area contributed by atoms with Gasteiger partial charge in [0.05, 0.1) is 6.10 Å². The number of aliphatic hydroxyl groups is 1. The quantitative estimate of drug-likeness (QED) is 0.904. The topological polar surface area (TPSA) is 49.8 Å². The van der Waals surface area contributed by atoms with E-state index >= 15 is 0 Å². The van der Waals surface area contributed by atoms with Crippen molar-refractivity contribution in [2.24, 2.45) is 0 Å². The zero-order chi connectivity index (χ0) is 14.0. The highest BCUT2D eigenvalue weighted by atomic mass is 19.1. The molecule has 1 atom stereocenters. The van der Waals surface area contributed by atoms with Crippen molar-refractivity contribution in [2.45, 2.75) is 32.0 Å². The minimum absolute atomic E-state index is 0.173. The van der Waals surface area contributed by atoms with Crippen LogP contribution in [0.2, 0.25) is 0 Å². The van der Waals surface area contributed by atoms with E-state index in [2.05, 4.69) is 0 Å². The van der Waals surface area contributed by atoms with Crippen LogP contribution in [-0.4, -0.2) is 40.7 Å². The highest BCUT2D eigenvalue weighted by molar-refractivity contribution is 5.85. The molecular formula is C14H18FNO3. The van der Waals surface area contributed by atoms with Crippen molar-refractivity contribution in [1.29, 1.82) is 0 Å². The summed E-state index contributed by atoms with van der Waals surface area (Å²) in [6.45, 7) is 4.22. The first-order valence-corrected chi connectivity index (χ1v) is 6.30. The molecule has 19 heavy (non-hydrogen) atoms. The molecule has 0 saturated carbocycles. The molecule has 1 aromatic rings. The van der Waals surface area contributed by atoms with Gasteiger partial charge in [-0.2, -0.15) is 0 Å². The fourth-order valence-corrected chi connectivity index (χ4v) is 2.15. The lowest BCUT2D eigenvalue weighted by molar-refractivity contribution is -0.144. The lowest BCUT2D eigenvalue weighted by atomic mass is 10.1. The Labute approximate surface area is 111 Å². The summed E-state index contributed by atoms with van der Waals surface area (Å²) in [6, 6.07) is 5.55. The zero-order valence-corrected chi connectivity index (χ0v) is 11.1. The number of ether oxygens (including phenoxy) is 1. The summed E-state index contributed by atoms with van der Waals surface area (Å²) in [5.41, 5.74) is -1.04. The second-order valence-electron chi connectivity index (χ2n) is 5.26. The van der Waals surface area contributed by atoms with Crippen LogP contribution in [0.5, 0.6) is 5.75 Å². The molecule has 5 heteroatoms. The van der Waals surface area contributed by atoms with Crippen LogP contribution in [0.4, 0.5) is 4.39 Å². The van der Waals surface area contributed by atoms with E-state index in [4.69, 9.17) is 4.74 Å². The van der Waals surface area contributed by atoms with Gasteiger partial charge in [-0.05, 0) is 44.5 Å². The van der Waals surface area contributed by atoms with E-state index in [-0.39, 0.29) is 11.7 Å². The van der Waals surface area contributed by atoms with E-state index in [1.165, 1.54) is 24.3 Å². The molecule has 1 heterocycles. The van der Waals surface area contributed by atoms with E-state index < -0.39 is 11.7 Å². The predicted octanol–water partition coefficient (Wildman–Crippen LogP) is 1.58. The number of rotatable bonds is 3. The minimum atomic E-state index is -1.04. The molecule has 0 radical (unpaired) electrons. The number of amides is 1. The summed E-state index contributed by atoms with van der Waals surface area (Å²) in [6.07, 6.45) is 0.142. The molecule has 0 bridgehead atoms. The van der Waals surface area contributed by atoms with E-state index in [1.807, 2.05) is 0 Å². The molecule has 104 valence electrons. The van der Waals surface area contributed by atoms with Gasteiger partial charge in [0.15, 0.2) is 5.60 Å². The van der Waals surface area contributed by atoms with Crippen LogP contribution in [0.25, 0.3) is 0 Å². The third kappa shape index (κ3) is 3.23. The first kappa shape index (κ1) is 13.8. The molecule has 1 fully saturated rings. The van der Waals surface area contributed by atoms with Gasteiger partial charge in [0, 0.05) is 13.1 Å². The highest BCUT2D eigenvalue weighted by Gasteiger charge is 2.37. The predicted molar refractivity (Wildman–Crippen MR) is 68.3 cm³/mol. The van der Waals surface area contributed by atoms with Gasteiger partial charge in [0.2, 0.25) is 0 Å². The summed E-state index contributed by atoms with van der Waals surface area (Å²) >= 11 is 0. The van der Waals surface area contributed by atoms with Crippen molar-refractivity contribution in [1.82, 2.24) is 4.90 Å². The molecule has 1 aliphatic rings. The van der Waals surface area contributed by atoms with E-state index in [9.17, 15) is 14.3 Å². The van der Waals surface area contributed by atoms with Crippen LogP contribution in [-0.2, 0) is 4.79 Å². The Morgan fingerprint density at radius 1 is 1.42 bits per heavy atom. The molecule has 0 spiro atoms. The minimum Gasteiger partial charge on any atom is -0.478 e. The third-order valence-electron chi connectivity index (χ3n) is 3.15. The summed E-state index contributed by atoms with van der Waals surface area (Å²) in [7, 11) is 0. The van der Waals surface area contributed by atoms with Gasteiger partial charge < -0.3 is 14.7 Å². The van der Waals surface area contributed by atoms with Crippen molar-refractivity contribution in [3.63, 3.8) is 0 Å². The standard InChI is InChI=1S/C14H18FNO3/c1-14(2,13(18)16-8-7-11(17)9-16)19-12-5-3-10(15)4-6-12/h3-6,11,17H,7-9H2,1-2H3/t11-/m1/s1. The molecule has 1 aromatic carbocycles. The van der Waals surface area contributed by atoms with Crippen molar-refractivity contribution >= 4 is 5.91 Å². The van der Waals surface area contributed by atoms with Crippen molar-refractivity contribution < 1.29 is 19.0 Å². The van der Waals surface area contributed by atoms with E-state index in [0.717, 1.165) is 0 Å². The number of carbonyl (C=O) groups is 1. The molecular weight excluding hydrogens is 249 g/mol.